The van der Waals surface area contributed by atoms with Gasteiger partial charge in [-0.2, -0.15) is 0 Å². The second-order valence-electron chi connectivity index (χ2n) is 7.08. The number of nitrogens with one attached hydrogen (secondary N) is 1. The number of ketones is 1. The van der Waals surface area contributed by atoms with Crippen LogP contribution < -0.4 is 4.90 Å². The standard InChI is InChI=1S/C22H23N3OS/c1-16-14-20(17(2)25(16)22-23-10-13-27-22)21(26)15-24-11-8-19(9-12-24)18-6-4-3-5-7-18/h3-8,10,13-14H,9,11-12,15H2,1-2H3/p+1. The molecular weight excluding hydrogens is 354 g/mol. The minimum Gasteiger partial charge on any atom is -0.325 e. The maximum absolute atomic E-state index is 12.9. The van der Waals surface area contributed by atoms with Crippen molar-refractivity contribution in [2.45, 2.75) is 20.3 Å². The van der Waals surface area contributed by atoms with E-state index in [1.807, 2.05) is 31.4 Å². The highest BCUT2D eigenvalue weighted by molar-refractivity contribution is 7.12. The molecule has 3 aromatic rings. The van der Waals surface area contributed by atoms with E-state index in [9.17, 15) is 4.79 Å². The minimum absolute atomic E-state index is 0.220. The lowest BCUT2D eigenvalue weighted by atomic mass is 9.99. The fourth-order valence-corrected chi connectivity index (χ4v) is 4.60. The first-order valence-electron chi connectivity index (χ1n) is 9.33. The lowest BCUT2D eigenvalue weighted by Crippen LogP contribution is -3.13. The summed E-state index contributed by atoms with van der Waals surface area (Å²) in [7, 11) is 0. The monoisotopic (exact) mass is 378 g/mol. The summed E-state index contributed by atoms with van der Waals surface area (Å²) >= 11 is 1.59. The van der Waals surface area contributed by atoms with Gasteiger partial charge in [-0.25, -0.2) is 4.98 Å². The van der Waals surface area contributed by atoms with Gasteiger partial charge in [-0.1, -0.05) is 30.3 Å². The molecule has 0 saturated carbocycles. The SMILES string of the molecule is Cc1cc(C(=O)C[NH+]2CC=C(c3ccccc3)CC2)c(C)n1-c1nccs1. The zero-order valence-corrected chi connectivity index (χ0v) is 16.6. The predicted octanol–water partition coefficient (Wildman–Crippen LogP) is 3.11. The van der Waals surface area contributed by atoms with E-state index in [4.69, 9.17) is 0 Å². The fourth-order valence-electron chi connectivity index (χ4n) is 3.85. The Kier molecular flexibility index (Phi) is 5.05. The molecule has 138 valence electrons. The second-order valence-corrected chi connectivity index (χ2v) is 7.96. The Hall–Kier alpha value is -2.50. The molecule has 1 atom stereocenters. The molecular formula is C22H24N3OS+. The van der Waals surface area contributed by atoms with E-state index in [1.165, 1.54) is 16.0 Å². The van der Waals surface area contributed by atoms with Gasteiger partial charge in [0.15, 0.2) is 5.13 Å². The predicted molar refractivity (Wildman–Crippen MR) is 110 cm³/mol. The Labute approximate surface area is 163 Å². The van der Waals surface area contributed by atoms with E-state index < -0.39 is 0 Å². The number of thiazole rings is 1. The summed E-state index contributed by atoms with van der Waals surface area (Å²) in [6.45, 7) is 6.49. The number of quaternary nitrogens is 1. The molecule has 1 aromatic carbocycles. The number of aryl methyl sites for hydroxylation is 1. The molecule has 0 spiro atoms. The maximum atomic E-state index is 12.9. The fraction of sp³-hybridized carbons (Fsp3) is 0.273. The van der Waals surface area contributed by atoms with Gasteiger partial charge in [-0.15, -0.1) is 11.3 Å². The van der Waals surface area contributed by atoms with E-state index in [1.54, 1.807) is 17.5 Å². The lowest BCUT2D eigenvalue weighted by Gasteiger charge is -2.23. The summed E-state index contributed by atoms with van der Waals surface area (Å²) in [5, 5.41) is 2.88. The Morgan fingerprint density at radius 1 is 1.26 bits per heavy atom. The average Bonchev–Trinajstić information content (AvgIpc) is 3.31. The van der Waals surface area contributed by atoms with Crippen LogP contribution in [0.1, 0.15) is 33.7 Å². The number of hydrogen-bond acceptors (Lipinski definition) is 3. The summed E-state index contributed by atoms with van der Waals surface area (Å²) < 4.78 is 2.08. The molecule has 0 aliphatic carbocycles. The zero-order valence-electron chi connectivity index (χ0n) is 15.7. The van der Waals surface area contributed by atoms with Crippen LogP contribution in [0.15, 0.2) is 54.1 Å². The van der Waals surface area contributed by atoms with E-state index in [0.29, 0.717) is 6.54 Å². The van der Waals surface area contributed by atoms with Crippen molar-refractivity contribution in [3.63, 3.8) is 0 Å². The van der Waals surface area contributed by atoms with Crippen LogP contribution in [0.4, 0.5) is 0 Å². The van der Waals surface area contributed by atoms with Crippen LogP contribution in [-0.2, 0) is 0 Å². The quantitative estimate of drug-likeness (QED) is 0.693. The van der Waals surface area contributed by atoms with Gasteiger partial charge in [0.2, 0.25) is 5.78 Å². The molecule has 0 radical (unpaired) electrons. The Morgan fingerprint density at radius 3 is 2.74 bits per heavy atom. The number of benzene rings is 1. The van der Waals surface area contributed by atoms with Gasteiger partial charge in [0.1, 0.15) is 6.54 Å². The summed E-state index contributed by atoms with van der Waals surface area (Å²) in [5.74, 6) is 0.220. The molecule has 1 N–H and O–H groups in total. The van der Waals surface area contributed by atoms with Gasteiger partial charge in [0.05, 0.1) is 13.1 Å². The molecule has 1 unspecified atom stereocenters. The van der Waals surface area contributed by atoms with Gasteiger partial charge >= 0.3 is 0 Å². The van der Waals surface area contributed by atoms with E-state index >= 15 is 0 Å². The molecule has 0 bridgehead atoms. The van der Waals surface area contributed by atoms with Crippen molar-refractivity contribution >= 4 is 22.7 Å². The third-order valence-electron chi connectivity index (χ3n) is 5.28. The number of carbonyl (C=O) groups is 1. The first-order valence-corrected chi connectivity index (χ1v) is 10.2. The van der Waals surface area contributed by atoms with Crippen molar-refractivity contribution in [2.24, 2.45) is 0 Å². The van der Waals surface area contributed by atoms with Crippen molar-refractivity contribution in [1.29, 1.82) is 0 Å². The lowest BCUT2D eigenvalue weighted by molar-refractivity contribution is -0.886. The number of hydrogen-bond donors (Lipinski definition) is 1. The average molecular weight is 379 g/mol. The van der Waals surface area contributed by atoms with Crippen LogP contribution in [0.3, 0.4) is 0 Å². The third kappa shape index (κ3) is 3.66. The summed E-state index contributed by atoms with van der Waals surface area (Å²) in [6.07, 6.45) is 5.11. The highest BCUT2D eigenvalue weighted by atomic mass is 32.1. The highest BCUT2D eigenvalue weighted by Crippen LogP contribution is 2.22. The topological polar surface area (TPSA) is 39.3 Å². The van der Waals surface area contributed by atoms with Gasteiger partial charge in [-0.3, -0.25) is 9.36 Å². The molecule has 2 aromatic heterocycles. The molecule has 4 nitrogen and oxygen atoms in total. The molecule has 5 heteroatoms. The number of nitrogens with zero attached hydrogens (tertiary/aromatic N) is 2. The van der Waals surface area contributed by atoms with Gasteiger partial charge < -0.3 is 4.90 Å². The van der Waals surface area contributed by atoms with Crippen molar-refractivity contribution < 1.29 is 9.69 Å². The molecule has 4 rings (SSSR count). The number of carbonyl (C=O) groups excluding carboxylic acids is 1. The first-order chi connectivity index (χ1) is 13.1. The Balaban J connectivity index is 1.46. The van der Waals surface area contributed by atoms with Crippen LogP contribution in [0.5, 0.6) is 0 Å². The highest BCUT2D eigenvalue weighted by Gasteiger charge is 2.23. The summed E-state index contributed by atoms with van der Waals surface area (Å²) in [4.78, 5) is 18.7. The summed E-state index contributed by atoms with van der Waals surface area (Å²) in [5.41, 5.74) is 5.58. The van der Waals surface area contributed by atoms with Crippen molar-refractivity contribution in [2.75, 3.05) is 19.6 Å². The normalized spacial score (nSPS) is 17.0. The number of aromatic nitrogens is 2. The third-order valence-corrected chi connectivity index (χ3v) is 6.04. The Morgan fingerprint density at radius 2 is 2.07 bits per heavy atom. The number of rotatable bonds is 5. The molecule has 27 heavy (non-hydrogen) atoms. The van der Waals surface area contributed by atoms with E-state index in [-0.39, 0.29) is 5.78 Å². The Bertz CT molecular complexity index is 971. The summed E-state index contributed by atoms with van der Waals surface area (Å²) in [6, 6.07) is 12.5. The maximum Gasteiger partial charge on any atom is 0.218 e. The van der Waals surface area contributed by atoms with Crippen LogP contribution in [0.25, 0.3) is 10.7 Å². The van der Waals surface area contributed by atoms with E-state index in [2.05, 4.69) is 39.9 Å². The molecule has 0 fully saturated rings. The van der Waals surface area contributed by atoms with Crippen LogP contribution in [0, 0.1) is 13.8 Å². The smallest absolute Gasteiger partial charge is 0.218 e. The molecule has 3 heterocycles. The van der Waals surface area contributed by atoms with Crippen LogP contribution >= 0.6 is 11.3 Å². The minimum atomic E-state index is 0.220. The molecule has 0 amide bonds. The van der Waals surface area contributed by atoms with Crippen molar-refractivity contribution in [1.82, 2.24) is 9.55 Å². The van der Waals surface area contributed by atoms with Crippen LogP contribution in [-0.4, -0.2) is 35.0 Å². The zero-order chi connectivity index (χ0) is 18.8. The largest absolute Gasteiger partial charge is 0.325 e. The molecule has 1 aliphatic rings. The van der Waals surface area contributed by atoms with Crippen LogP contribution in [0.2, 0.25) is 0 Å². The van der Waals surface area contributed by atoms with Crippen molar-refractivity contribution in [3.8, 4) is 5.13 Å². The van der Waals surface area contributed by atoms with Crippen molar-refractivity contribution in [3.05, 3.63) is 76.6 Å². The van der Waals surface area contributed by atoms with E-state index in [0.717, 1.165) is 41.6 Å². The molecule has 1 aliphatic heterocycles. The van der Waals surface area contributed by atoms with Gasteiger partial charge in [0, 0.05) is 34.9 Å². The first kappa shape index (κ1) is 17.9. The second kappa shape index (κ2) is 7.62. The number of Topliss-reactive ketones (excluding diaryl/α,β-unsaturated/α-hetero) is 1. The van der Waals surface area contributed by atoms with Gasteiger partial charge in [-0.05, 0) is 37.1 Å². The van der Waals surface area contributed by atoms with Gasteiger partial charge in [0.25, 0.3) is 0 Å². The molecule has 0 saturated heterocycles.